The maximum Gasteiger partial charge on any atom is 0.417 e. The Hall–Kier alpha value is -1.60. The van der Waals surface area contributed by atoms with Crippen LogP contribution in [0.3, 0.4) is 0 Å². The average Bonchev–Trinajstić information content (AvgIpc) is 2.70. The van der Waals surface area contributed by atoms with Gasteiger partial charge in [-0.3, -0.25) is 0 Å². The molecule has 2 rings (SSSR count). The second kappa shape index (κ2) is 4.58. The lowest BCUT2D eigenvalue weighted by Gasteiger charge is -2.06. The second-order valence-corrected chi connectivity index (χ2v) is 3.97. The third-order valence-electron chi connectivity index (χ3n) is 2.62. The summed E-state index contributed by atoms with van der Waals surface area (Å²) in [7, 11) is 0. The Kier molecular flexibility index (Phi) is 3.27. The highest BCUT2D eigenvalue weighted by Crippen LogP contribution is 2.29. The number of imidazole rings is 1. The number of nitrogens with zero attached hydrogens (tertiary/aromatic N) is 2. The van der Waals surface area contributed by atoms with Crippen molar-refractivity contribution >= 4 is 5.65 Å². The topological polar surface area (TPSA) is 63.5 Å². The number of nitrogens with two attached hydrogens (primary N) is 1. The van der Waals surface area contributed by atoms with Crippen molar-refractivity contribution < 1.29 is 18.3 Å². The van der Waals surface area contributed by atoms with Crippen LogP contribution in [0.5, 0.6) is 0 Å². The first-order valence-electron chi connectivity index (χ1n) is 5.34. The molecule has 18 heavy (non-hydrogen) atoms. The maximum atomic E-state index is 12.5. The van der Waals surface area contributed by atoms with E-state index in [1.165, 1.54) is 16.7 Å². The summed E-state index contributed by atoms with van der Waals surface area (Å²) in [6.07, 6.45) is -1.65. The summed E-state index contributed by atoms with van der Waals surface area (Å²) in [4.78, 5) is 4.11. The molecule has 0 fully saturated rings. The molecule has 0 saturated heterocycles. The number of aliphatic hydroxyl groups excluding tert-OH is 1. The van der Waals surface area contributed by atoms with Crippen LogP contribution in [0.25, 0.3) is 5.65 Å². The van der Waals surface area contributed by atoms with Crippen LogP contribution < -0.4 is 5.73 Å². The largest absolute Gasteiger partial charge is 0.417 e. The maximum absolute atomic E-state index is 12.5. The number of rotatable bonds is 3. The van der Waals surface area contributed by atoms with Gasteiger partial charge in [0.05, 0.1) is 17.3 Å². The molecule has 0 saturated carbocycles. The third kappa shape index (κ3) is 2.46. The molecular weight excluding hydrogens is 247 g/mol. The van der Waals surface area contributed by atoms with Gasteiger partial charge in [-0.2, -0.15) is 13.2 Å². The lowest BCUT2D eigenvalue weighted by Crippen LogP contribution is -2.12. The summed E-state index contributed by atoms with van der Waals surface area (Å²) in [5, 5.41) is 8.76. The fourth-order valence-electron chi connectivity index (χ4n) is 1.64. The first-order chi connectivity index (χ1) is 8.41. The highest BCUT2D eigenvalue weighted by Gasteiger charge is 2.30. The van der Waals surface area contributed by atoms with Crippen LogP contribution in [0.2, 0.25) is 0 Å². The predicted molar refractivity (Wildman–Crippen MR) is 58.8 cm³/mol. The molecule has 1 unspecified atom stereocenters. The molecular formula is C11H12F3N3O. The van der Waals surface area contributed by atoms with Crippen molar-refractivity contribution in [1.82, 2.24) is 9.38 Å². The number of aliphatic hydroxyl groups is 1. The highest BCUT2D eigenvalue weighted by molar-refractivity contribution is 5.42. The molecule has 3 N–H and O–H groups in total. The van der Waals surface area contributed by atoms with Crippen LogP contribution in [-0.2, 0) is 6.18 Å². The van der Waals surface area contributed by atoms with Crippen LogP contribution in [-0.4, -0.2) is 21.1 Å². The van der Waals surface area contributed by atoms with E-state index in [1.807, 2.05) is 0 Å². The number of hydrogen-bond acceptors (Lipinski definition) is 3. The molecule has 1 atom stereocenters. The zero-order chi connectivity index (χ0) is 13.3. The van der Waals surface area contributed by atoms with Gasteiger partial charge in [0, 0.05) is 19.0 Å². The molecule has 2 aromatic rings. The SMILES string of the molecule is NC(CCO)c1cn2cc(C(F)(F)F)ccc2n1. The number of alkyl halides is 3. The second-order valence-electron chi connectivity index (χ2n) is 3.97. The number of aromatic nitrogens is 2. The molecule has 0 aliphatic carbocycles. The summed E-state index contributed by atoms with van der Waals surface area (Å²) in [6, 6.07) is 1.78. The Labute approximate surface area is 101 Å². The Morgan fingerprint density at radius 3 is 2.67 bits per heavy atom. The van der Waals surface area contributed by atoms with Crippen molar-refractivity contribution in [2.45, 2.75) is 18.6 Å². The minimum absolute atomic E-state index is 0.0944. The first kappa shape index (κ1) is 12.8. The summed E-state index contributed by atoms with van der Waals surface area (Å²) >= 11 is 0. The molecule has 0 spiro atoms. The molecule has 0 amide bonds. The van der Waals surface area contributed by atoms with Gasteiger partial charge in [0.25, 0.3) is 0 Å². The Morgan fingerprint density at radius 1 is 1.33 bits per heavy atom. The van der Waals surface area contributed by atoms with Gasteiger partial charge in [0.2, 0.25) is 0 Å². The van der Waals surface area contributed by atoms with E-state index in [1.54, 1.807) is 0 Å². The summed E-state index contributed by atoms with van der Waals surface area (Å²) in [5.41, 5.74) is 5.85. The summed E-state index contributed by atoms with van der Waals surface area (Å²) < 4.78 is 38.8. The molecule has 0 aliphatic rings. The molecule has 4 nitrogen and oxygen atoms in total. The number of hydrogen-bond donors (Lipinski definition) is 2. The molecule has 0 radical (unpaired) electrons. The number of pyridine rings is 1. The van der Waals surface area contributed by atoms with E-state index >= 15 is 0 Å². The van der Waals surface area contributed by atoms with Crippen LogP contribution in [0, 0.1) is 0 Å². The smallest absolute Gasteiger partial charge is 0.396 e. The Balaban J connectivity index is 2.40. The van der Waals surface area contributed by atoms with Crippen molar-refractivity contribution in [3.63, 3.8) is 0 Å². The van der Waals surface area contributed by atoms with Gasteiger partial charge in [0.1, 0.15) is 5.65 Å². The first-order valence-corrected chi connectivity index (χ1v) is 5.34. The predicted octanol–water partition coefficient (Wildman–Crippen LogP) is 1.74. The summed E-state index contributed by atoms with van der Waals surface area (Å²) in [5.74, 6) is 0. The number of halogens is 3. The number of fused-ring (bicyclic) bond motifs is 1. The van der Waals surface area contributed by atoms with Gasteiger partial charge in [-0.15, -0.1) is 0 Å². The van der Waals surface area contributed by atoms with Gasteiger partial charge in [0.15, 0.2) is 0 Å². The molecule has 0 aliphatic heterocycles. The monoisotopic (exact) mass is 259 g/mol. The van der Waals surface area contributed by atoms with E-state index in [4.69, 9.17) is 10.8 Å². The minimum atomic E-state index is -4.38. The van der Waals surface area contributed by atoms with Crippen LogP contribution in [0.1, 0.15) is 23.7 Å². The van der Waals surface area contributed by atoms with Crippen molar-refractivity contribution in [2.24, 2.45) is 5.73 Å². The van der Waals surface area contributed by atoms with E-state index in [0.29, 0.717) is 17.8 Å². The normalized spacial score (nSPS) is 14.1. The molecule has 98 valence electrons. The third-order valence-corrected chi connectivity index (χ3v) is 2.62. The van der Waals surface area contributed by atoms with Crippen LogP contribution in [0.4, 0.5) is 13.2 Å². The zero-order valence-corrected chi connectivity index (χ0v) is 9.35. The van der Waals surface area contributed by atoms with Crippen molar-refractivity contribution in [1.29, 1.82) is 0 Å². The molecule has 7 heteroatoms. The van der Waals surface area contributed by atoms with Crippen molar-refractivity contribution in [3.8, 4) is 0 Å². The van der Waals surface area contributed by atoms with E-state index in [9.17, 15) is 13.2 Å². The highest BCUT2D eigenvalue weighted by atomic mass is 19.4. The molecule has 0 aromatic carbocycles. The standard InChI is InChI=1S/C11H12F3N3O/c12-11(13,14)7-1-2-10-16-9(6-17(10)5-7)8(15)3-4-18/h1-2,5-6,8,18H,3-4,15H2. The minimum Gasteiger partial charge on any atom is -0.396 e. The van der Waals surface area contributed by atoms with Gasteiger partial charge >= 0.3 is 6.18 Å². The van der Waals surface area contributed by atoms with Gasteiger partial charge in [-0.05, 0) is 18.6 Å². The van der Waals surface area contributed by atoms with Gasteiger partial charge < -0.3 is 15.2 Å². The Bertz CT molecular complexity index is 550. The van der Waals surface area contributed by atoms with Crippen LogP contribution >= 0.6 is 0 Å². The summed E-state index contributed by atoms with van der Waals surface area (Å²) in [6.45, 7) is -0.0944. The van der Waals surface area contributed by atoms with Crippen LogP contribution in [0.15, 0.2) is 24.5 Å². The van der Waals surface area contributed by atoms with E-state index < -0.39 is 17.8 Å². The van der Waals surface area contributed by atoms with Gasteiger partial charge in [-0.1, -0.05) is 0 Å². The zero-order valence-electron chi connectivity index (χ0n) is 9.35. The molecule has 2 heterocycles. The lowest BCUT2D eigenvalue weighted by atomic mass is 10.2. The lowest BCUT2D eigenvalue weighted by molar-refractivity contribution is -0.137. The van der Waals surface area contributed by atoms with E-state index in [-0.39, 0.29) is 6.61 Å². The molecule has 2 aromatic heterocycles. The fourth-order valence-corrected chi connectivity index (χ4v) is 1.64. The quantitative estimate of drug-likeness (QED) is 0.882. The Morgan fingerprint density at radius 2 is 2.06 bits per heavy atom. The average molecular weight is 259 g/mol. The molecule has 0 bridgehead atoms. The van der Waals surface area contributed by atoms with Gasteiger partial charge in [-0.25, -0.2) is 4.98 Å². The van der Waals surface area contributed by atoms with E-state index in [0.717, 1.165) is 12.3 Å². The van der Waals surface area contributed by atoms with Crippen molar-refractivity contribution in [2.75, 3.05) is 6.61 Å². The fraction of sp³-hybridized carbons (Fsp3) is 0.364. The van der Waals surface area contributed by atoms with Crippen molar-refractivity contribution in [3.05, 3.63) is 35.8 Å². The van der Waals surface area contributed by atoms with E-state index in [2.05, 4.69) is 4.98 Å².